The first-order chi connectivity index (χ1) is 16.6. The molecule has 1 saturated carbocycles. The van der Waals surface area contributed by atoms with Crippen molar-refractivity contribution in [1.29, 1.82) is 0 Å². The van der Waals surface area contributed by atoms with Gasteiger partial charge in [-0.25, -0.2) is 0 Å². The fraction of sp³-hybridized carbons (Fsp3) is 0.741. The second-order valence-corrected chi connectivity index (χ2v) is 12.7. The summed E-state index contributed by atoms with van der Waals surface area (Å²) in [5.41, 5.74) is 1.08. The number of phenols is 1. The number of nitrogens with zero attached hydrogens (tertiary/aromatic N) is 1. The molecule has 5 rings (SSSR count). The Hall–Kier alpha value is -1.48. The molecule has 2 bridgehead atoms. The van der Waals surface area contributed by atoms with Crippen LogP contribution in [0.15, 0.2) is 12.1 Å². The standard InChI is InChI=1S/C27H40N2O5S/c1-25(2,3)34-24(31)18(10-14-35-6)28-17-9-11-27(32-5)20-15-16-7-8-19(30)22-21(16)26(27,23(17)33-22)12-13-29(20)4/h7-8,17-18,20,23,28,30H,9-15H2,1-6H3/t17?,18?,20?,23-,26-,27+/m0/s1. The summed E-state index contributed by atoms with van der Waals surface area (Å²) in [6, 6.07) is 3.60. The molecular formula is C27H40N2O5S. The summed E-state index contributed by atoms with van der Waals surface area (Å²) in [6.07, 6.45) is 5.99. The Kier molecular flexibility index (Phi) is 6.35. The molecule has 0 radical (unpaired) electrons. The van der Waals surface area contributed by atoms with E-state index in [0.29, 0.717) is 12.2 Å². The van der Waals surface area contributed by atoms with E-state index in [4.69, 9.17) is 14.2 Å². The molecule has 1 aromatic carbocycles. The predicted molar refractivity (Wildman–Crippen MR) is 137 cm³/mol. The first-order valence-electron chi connectivity index (χ1n) is 12.8. The van der Waals surface area contributed by atoms with Gasteiger partial charge >= 0.3 is 5.97 Å². The Bertz CT molecular complexity index is 997. The van der Waals surface area contributed by atoms with Crippen LogP contribution in [0.25, 0.3) is 0 Å². The van der Waals surface area contributed by atoms with E-state index in [1.807, 2.05) is 27.9 Å². The molecule has 1 spiro atoms. The highest BCUT2D eigenvalue weighted by atomic mass is 32.2. The van der Waals surface area contributed by atoms with E-state index in [2.05, 4.69) is 29.6 Å². The minimum atomic E-state index is -0.543. The zero-order valence-electron chi connectivity index (χ0n) is 21.8. The van der Waals surface area contributed by atoms with Crippen LogP contribution in [-0.4, -0.2) is 84.1 Å². The molecule has 2 aliphatic carbocycles. The number of likely N-dealkylation sites (tertiary alicyclic amines) is 1. The van der Waals surface area contributed by atoms with Crippen molar-refractivity contribution < 1.29 is 24.1 Å². The number of carbonyl (C=O) groups is 1. The minimum absolute atomic E-state index is 0.0561. The molecule has 2 fully saturated rings. The normalized spacial score (nSPS) is 34.2. The van der Waals surface area contributed by atoms with Gasteiger partial charge in [-0.3, -0.25) is 10.1 Å². The lowest BCUT2D eigenvalue weighted by Crippen LogP contribution is -2.78. The van der Waals surface area contributed by atoms with E-state index in [0.717, 1.165) is 43.5 Å². The molecule has 2 N–H and O–H groups in total. The van der Waals surface area contributed by atoms with E-state index in [9.17, 15) is 9.90 Å². The van der Waals surface area contributed by atoms with Crippen LogP contribution in [0.4, 0.5) is 0 Å². The number of thioether (sulfide) groups is 1. The van der Waals surface area contributed by atoms with E-state index in [1.165, 1.54) is 5.56 Å². The molecule has 6 atom stereocenters. The van der Waals surface area contributed by atoms with Crippen molar-refractivity contribution in [2.45, 2.75) is 93.7 Å². The van der Waals surface area contributed by atoms with Gasteiger partial charge in [0.15, 0.2) is 11.5 Å². The second-order valence-electron chi connectivity index (χ2n) is 11.7. The fourth-order valence-corrected chi connectivity index (χ4v) is 7.92. The van der Waals surface area contributed by atoms with Gasteiger partial charge in [-0.05, 0) is 90.1 Å². The van der Waals surface area contributed by atoms with Gasteiger partial charge in [0.2, 0.25) is 0 Å². The first-order valence-corrected chi connectivity index (χ1v) is 14.2. The Labute approximate surface area is 213 Å². The largest absolute Gasteiger partial charge is 0.504 e. The third kappa shape index (κ3) is 3.70. The number of ether oxygens (including phenoxy) is 3. The van der Waals surface area contributed by atoms with Crippen molar-refractivity contribution in [1.82, 2.24) is 10.2 Å². The summed E-state index contributed by atoms with van der Waals surface area (Å²) in [5.74, 6) is 1.46. The van der Waals surface area contributed by atoms with Gasteiger partial charge in [-0.15, -0.1) is 0 Å². The number of carbonyl (C=O) groups excluding carboxylic acids is 1. The number of piperidine rings is 1. The number of likely N-dealkylation sites (N-methyl/N-ethyl adjacent to an activating group) is 1. The molecule has 4 aliphatic rings. The molecule has 0 amide bonds. The Morgan fingerprint density at radius 3 is 2.83 bits per heavy atom. The van der Waals surface area contributed by atoms with Gasteiger partial charge < -0.3 is 24.2 Å². The average Bonchev–Trinajstić information content (AvgIpc) is 3.16. The average molecular weight is 505 g/mol. The minimum Gasteiger partial charge on any atom is -0.504 e. The SMILES string of the molecule is CO[C@@]12CCC(NC(CCSC)C(=O)OC(C)(C)C)[C@@H]3Oc4c(O)ccc5c4[C@@]31CCN(C)C2C5. The van der Waals surface area contributed by atoms with E-state index in [-0.39, 0.29) is 35.3 Å². The summed E-state index contributed by atoms with van der Waals surface area (Å²) >= 11 is 1.73. The number of hydrogen-bond acceptors (Lipinski definition) is 8. The molecule has 0 aromatic heterocycles. The van der Waals surface area contributed by atoms with Gasteiger partial charge in [-0.1, -0.05) is 6.07 Å². The maximum Gasteiger partial charge on any atom is 0.323 e. The third-order valence-electron chi connectivity index (χ3n) is 8.77. The van der Waals surface area contributed by atoms with Crippen molar-refractivity contribution in [3.63, 3.8) is 0 Å². The van der Waals surface area contributed by atoms with E-state index < -0.39 is 17.2 Å². The van der Waals surface area contributed by atoms with Gasteiger partial charge in [0.05, 0.1) is 11.0 Å². The van der Waals surface area contributed by atoms with Crippen molar-refractivity contribution in [2.75, 3.05) is 32.7 Å². The van der Waals surface area contributed by atoms with Gasteiger partial charge in [0.1, 0.15) is 17.7 Å². The maximum absolute atomic E-state index is 13.2. The topological polar surface area (TPSA) is 80.3 Å². The highest BCUT2D eigenvalue weighted by Gasteiger charge is 2.73. The third-order valence-corrected chi connectivity index (χ3v) is 9.42. The Morgan fingerprint density at radius 1 is 1.37 bits per heavy atom. The predicted octanol–water partition coefficient (Wildman–Crippen LogP) is 3.25. The van der Waals surface area contributed by atoms with Crippen LogP contribution in [0.1, 0.15) is 57.6 Å². The molecule has 1 saturated heterocycles. The summed E-state index contributed by atoms with van der Waals surface area (Å²) in [4.78, 5) is 15.6. The molecule has 2 aliphatic heterocycles. The summed E-state index contributed by atoms with van der Waals surface area (Å²) in [5, 5.41) is 14.5. The van der Waals surface area contributed by atoms with Gasteiger partial charge in [-0.2, -0.15) is 11.8 Å². The molecule has 8 heteroatoms. The lowest BCUT2D eigenvalue weighted by atomic mass is 9.48. The van der Waals surface area contributed by atoms with Crippen molar-refractivity contribution in [3.8, 4) is 11.5 Å². The second kappa shape index (κ2) is 8.82. The number of rotatable bonds is 7. The quantitative estimate of drug-likeness (QED) is 0.548. The summed E-state index contributed by atoms with van der Waals surface area (Å²) in [7, 11) is 4.03. The van der Waals surface area contributed by atoms with Crippen molar-refractivity contribution >= 4 is 17.7 Å². The van der Waals surface area contributed by atoms with E-state index in [1.54, 1.807) is 17.8 Å². The molecule has 35 heavy (non-hydrogen) atoms. The number of esters is 1. The van der Waals surface area contributed by atoms with Crippen LogP contribution < -0.4 is 10.1 Å². The van der Waals surface area contributed by atoms with Crippen LogP contribution >= 0.6 is 11.8 Å². The zero-order valence-corrected chi connectivity index (χ0v) is 22.7. The van der Waals surface area contributed by atoms with Crippen LogP contribution in [0.2, 0.25) is 0 Å². The highest BCUT2D eigenvalue weighted by molar-refractivity contribution is 7.98. The van der Waals surface area contributed by atoms with Crippen LogP contribution in [-0.2, 0) is 26.1 Å². The first kappa shape index (κ1) is 25.2. The highest BCUT2D eigenvalue weighted by Crippen LogP contribution is 2.66. The van der Waals surface area contributed by atoms with Gasteiger partial charge in [0.25, 0.3) is 0 Å². The van der Waals surface area contributed by atoms with Crippen LogP contribution in [0.5, 0.6) is 11.5 Å². The smallest absolute Gasteiger partial charge is 0.323 e. The fourth-order valence-electron chi connectivity index (χ4n) is 7.45. The number of benzene rings is 1. The zero-order chi connectivity index (χ0) is 25.2. The van der Waals surface area contributed by atoms with Crippen molar-refractivity contribution in [2.24, 2.45) is 0 Å². The van der Waals surface area contributed by atoms with E-state index >= 15 is 0 Å². The number of hydrogen-bond donors (Lipinski definition) is 2. The monoisotopic (exact) mass is 504 g/mol. The molecule has 3 unspecified atom stereocenters. The van der Waals surface area contributed by atoms with Crippen LogP contribution in [0.3, 0.4) is 0 Å². The number of methoxy groups -OCH3 is 1. The Balaban J connectivity index is 1.55. The summed E-state index contributed by atoms with van der Waals surface area (Å²) in [6.45, 7) is 6.67. The molecule has 194 valence electrons. The van der Waals surface area contributed by atoms with Crippen LogP contribution in [0, 0.1) is 0 Å². The maximum atomic E-state index is 13.2. The van der Waals surface area contributed by atoms with Crippen molar-refractivity contribution in [3.05, 3.63) is 23.3 Å². The Morgan fingerprint density at radius 2 is 2.14 bits per heavy atom. The molecule has 1 aromatic rings. The molecule has 2 heterocycles. The number of phenolic OH excluding ortho intramolecular Hbond substituents is 1. The van der Waals surface area contributed by atoms with Gasteiger partial charge in [0, 0.05) is 24.8 Å². The molecule has 7 nitrogen and oxygen atoms in total. The molecular weight excluding hydrogens is 464 g/mol. The lowest BCUT2D eigenvalue weighted by molar-refractivity contribution is -0.204. The lowest BCUT2D eigenvalue weighted by Gasteiger charge is -2.65. The summed E-state index contributed by atoms with van der Waals surface area (Å²) < 4.78 is 19.0. The number of nitrogens with one attached hydrogen (secondary N) is 1. The number of aromatic hydroxyl groups is 1.